The molecule has 0 fully saturated rings. The molecule has 3 aromatic carbocycles. The lowest BCUT2D eigenvalue weighted by atomic mass is 10.1. The van der Waals surface area contributed by atoms with Gasteiger partial charge in [-0.15, -0.1) is 0 Å². The molecule has 0 spiro atoms. The third-order valence-corrected chi connectivity index (χ3v) is 3.88. The van der Waals surface area contributed by atoms with Crippen LogP contribution in [0.25, 0.3) is 22.0 Å². The molecule has 0 atom stereocenters. The Hall–Kier alpha value is -3.13. The monoisotopic (exact) mass is 296 g/mol. The van der Waals surface area contributed by atoms with Crippen LogP contribution in [0.15, 0.2) is 91.1 Å². The van der Waals surface area contributed by atoms with E-state index in [1.54, 1.807) is 0 Å². The summed E-state index contributed by atoms with van der Waals surface area (Å²) >= 11 is 0. The third kappa shape index (κ3) is 2.92. The van der Waals surface area contributed by atoms with Crippen molar-refractivity contribution in [1.82, 2.24) is 4.98 Å². The first-order chi connectivity index (χ1) is 11.4. The number of pyridine rings is 1. The number of hydrogen-bond acceptors (Lipinski definition) is 2. The summed E-state index contributed by atoms with van der Waals surface area (Å²) in [5.41, 5.74) is 5.61. The summed E-state index contributed by atoms with van der Waals surface area (Å²) in [6.45, 7) is 0. The van der Waals surface area contributed by atoms with Crippen LogP contribution in [0.5, 0.6) is 0 Å². The van der Waals surface area contributed by atoms with Gasteiger partial charge in [0.15, 0.2) is 0 Å². The van der Waals surface area contributed by atoms with Gasteiger partial charge < -0.3 is 5.32 Å². The molecule has 0 aliphatic carbocycles. The van der Waals surface area contributed by atoms with Crippen LogP contribution in [-0.4, -0.2) is 4.98 Å². The Balaban J connectivity index is 1.58. The van der Waals surface area contributed by atoms with Gasteiger partial charge >= 0.3 is 0 Å². The first-order valence-corrected chi connectivity index (χ1v) is 7.66. The molecule has 110 valence electrons. The van der Waals surface area contributed by atoms with Crippen molar-refractivity contribution >= 4 is 22.3 Å². The summed E-state index contributed by atoms with van der Waals surface area (Å²) in [7, 11) is 0. The molecule has 2 nitrogen and oxygen atoms in total. The van der Waals surface area contributed by atoms with Crippen LogP contribution in [0.1, 0.15) is 0 Å². The van der Waals surface area contributed by atoms with Crippen molar-refractivity contribution in [2.45, 2.75) is 0 Å². The van der Waals surface area contributed by atoms with Crippen LogP contribution >= 0.6 is 0 Å². The maximum atomic E-state index is 4.35. The first kappa shape index (κ1) is 13.5. The van der Waals surface area contributed by atoms with Gasteiger partial charge in [0, 0.05) is 23.0 Å². The van der Waals surface area contributed by atoms with Crippen molar-refractivity contribution in [3.8, 4) is 11.1 Å². The second kappa shape index (κ2) is 5.93. The third-order valence-electron chi connectivity index (χ3n) is 3.88. The van der Waals surface area contributed by atoms with Crippen molar-refractivity contribution in [1.29, 1.82) is 0 Å². The van der Waals surface area contributed by atoms with Crippen molar-refractivity contribution in [2.75, 3.05) is 5.32 Å². The Morgan fingerprint density at radius 2 is 1.35 bits per heavy atom. The molecule has 1 N–H and O–H groups in total. The van der Waals surface area contributed by atoms with Crippen LogP contribution in [0, 0.1) is 0 Å². The molecule has 0 aliphatic heterocycles. The number of nitrogens with one attached hydrogen (secondary N) is 1. The lowest BCUT2D eigenvalue weighted by Gasteiger charge is -2.09. The number of nitrogens with zero attached hydrogens (tertiary/aromatic N) is 1. The Labute approximate surface area is 135 Å². The quantitative estimate of drug-likeness (QED) is 0.528. The number of anilines is 2. The molecular weight excluding hydrogens is 280 g/mol. The van der Waals surface area contributed by atoms with Crippen LogP contribution in [0.2, 0.25) is 0 Å². The number of rotatable bonds is 3. The van der Waals surface area contributed by atoms with Crippen LogP contribution in [0.4, 0.5) is 11.4 Å². The maximum Gasteiger partial charge on any atom is 0.0703 e. The minimum absolute atomic E-state index is 1.01. The number of aromatic nitrogens is 1. The standard InChI is InChI=1S/C21H16N2/c1-2-5-16(6-3-1)17-8-10-19(11-9-17)23-20-12-13-21-18(15-20)7-4-14-22-21/h1-15,23H. The zero-order chi connectivity index (χ0) is 15.5. The molecule has 4 aromatic rings. The molecule has 0 unspecified atom stereocenters. The average molecular weight is 296 g/mol. The molecular formula is C21H16N2. The smallest absolute Gasteiger partial charge is 0.0703 e. The highest BCUT2D eigenvalue weighted by Gasteiger charge is 2.00. The van der Waals surface area contributed by atoms with E-state index in [9.17, 15) is 0 Å². The van der Waals surface area contributed by atoms with E-state index in [1.807, 2.05) is 24.4 Å². The van der Waals surface area contributed by atoms with Gasteiger partial charge in [-0.3, -0.25) is 4.98 Å². The zero-order valence-corrected chi connectivity index (χ0v) is 12.6. The van der Waals surface area contributed by atoms with E-state index in [1.165, 1.54) is 11.1 Å². The highest BCUT2D eigenvalue weighted by Crippen LogP contribution is 2.24. The summed E-state index contributed by atoms with van der Waals surface area (Å²) in [4.78, 5) is 4.35. The van der Waals surface area contributed by atoms with Gasteiger partial charge in [0.2, 0.25) is 0 Å². The van der Waals surface area contributed by atoms with Gasteiger partial charge in [-0.25, -0.2) is 0 Å². The average Bonchev–Trinajstić information content (AvgIpc) is 2.63. The van der Waals surface area contributed by atoms with E-state index in [0.717, 1.165) is 22.3 Å². The highest BCUT2D eigenvalue weighted by atomic mass is 14.9. The Kier molecular flexibility index (Phi) is 3.49. The summed E-state index contributed by atoms with van der Waals surface area (Å²) in [5.74, 6) is 0. The van der Waals surface area contributed by atoms with E-state index in [4.69, 9.17) is 0 Å². The van der Waals surface area contributed by atoms with E-state index >= 15 is 0 Å². The molecule has 2 heteroatoms. The molecule has 0 saturated carbocycles. The number of fused-ring (bicyclic) bond motifs is 1. The molecule has 23 heavy (non-hydrogen) atoms. The number of hydrogen-bond donors (Lipinski definition) is 1. The van der Waals surface area contributed by atoms with Gasteiger partial charge in [0.05, 0.1) is 5.52 Å². The van der Waals surface area contributed by atoms with E-state index < -0.39 is 0 Å². The largest absolute Gasteiger partial charge is 0.356 e. The van der Waals surface area contributed by atoms with Gasteiger partial charge in [-0.2, -0.15) is 0 Å². The minimum Gasteiger partial charge on any atom is -0.356 e. The second-order valence-corrected chi connectivity index (χ2v) is 5.48. The Bertz CT molecular complexity index is 928. The fourth-order valence-electron chi connectivity index (χ4n) is 2.70. The molecule has 1 aromatic heterocycles. The first-order valence-electron chi connectivity index (χ1n) is 7.66. The molecule has 0 bridgehead atoms. The zero-order valence-electron chi connectivity index (χ0n) is 12.6. The highest BCUT2D eigenvalue weighted by molar-refractivity contribution is 5.83. The van der Waals surface area contributed by atoms with Crippen molar-refractivity contribution < 1.29 is 0 Å². The Morgan fingerprint density at radius 1 is 0.609 bits per heavy atom. The van der Waals surface area contributed by atoms with Crippen LogP contribution in [-0.2, 0) is 0 Å². The van der Waals surface area contributed by atoms with Gasteiger partial charge in [0.1, 0.15) is 0 Å². The topological polar surface area (TPSA) is 24.9 Å². The SMILES string of the molecule is c1ccc(-c2ccc(Nc3ccc4ncccc4c3)cc2)cc1. The molecule has 0 aliphatic rings. The molecule has 4 rings (SSSR count). The Morgan fingerprint density at radius 3 is 2.17 bits per heavy atom. The molecule has 0 radical (unpaired) electrons. The fourth-order valence-corrected chi connectivity index (χ4v) is 2.70. The van der Waals surface area contributed by atoms with Crippen LogP contribution < -0.4 is 5.32 Å². The van der Waals surface area contributed by atoms with Crippen LogP contribution in [0.3, 0.4) is 0 Å². The van der Waals surface area contributed by atoms with E-state index in [0.29, 0.717) is 0 Å². The summed E-state index contributed by atoms with van der Waals surface area (Å²) in [6.07, 6.45) is 1.82. The van der Waals surface area contributed by atoms with E-state index in [2.05, 4.69) is 77.0 Å². The van der Waals surface area contributed by atoms with Crippen molar-refractivity contribution in [3.05, 3.63) is 91.1 Å². The summed E-state index contributed by atoms with van der Waals surface area (Å²) < 4.78 is 0. The predicted octanol–water partition coefficient (Wildman–Crippen LogP) is 5.65. The second-order valence-electron chi connectivity index (χ2n) is 5.48. The molecule has 0 saturated heterocycles. The fraction of sp³-hybridized carbons (Fsp3) is 0. The van der Waals surface area contributed by atoms with E-state index in [-0.39, 0.29) is 0 Å². The normalized spacial score (nSPS) is 10.6. The molecule has 0 amide bonds. The minimum atomic E-state index is 1.01. The predicted molar refractivity (Wildman–Crippen MR) is 96.9 cm³/mol. The lowest BCUT2D eigenvalue weighted by molar-refractivity contribution is 1.41. The molecule has 1 heterocycles. The van der Waals surface area contributed by atoms with Gasteiger partial charge in [-0.05, 0) is 47.5 Å². The lowest BCUT2D eigenvalue weighted by Crippen LogP contribution is -1.90. The van der Waals surface area contributed by atoms with Gasteiger partial charge in [-0.1, -0.05) is 48.5 Å². The van der Waals surface area contributed by atoms with Crippen molar-refractivity contribution in [2.24, 2.45) is 0 Å². The summed E-state index contributed by atoms with van der Waals surface area (Å²) in [5, 5.41) is 4.58. The number of benzene rings is 3. The summed E-state index contributed by atoms with van der Waals surface area (Å²) in [6, 6.07) is 29.1. The van der Waals surface area contributed by atoms with Gasteiger partial charge in [0.25, 0.3) is 0 Å². The maximum absolute atomic E-state index is 4.35. The van der Waals surface area contributed by atoms with Crippen molar-refractivity contribution in [3.63, 3.8) is 0 Å².